The molecule has 9 nitrogen and oxygen atoms in total. The van der Waals surface area contributed by atoms with Crippen molar-refractivity contribution in [2.24, 2.45) is 0 Å². The first kappa shape index (κ1) is 23.5. The number of aromatic amines is 2. The number of hydrogen-bond acceptors (Lipinski definition) is 5. The van der Waals surface area contributed by atoms with Crippen molar-refractivity contribution in [1.82, 2.24) is 19.6 Å². The average Bonchev–Trinajstić information content (AvgIpc) is 3.49. The second-order valence-corrected chi connectivity index (χ2v) is 10.8. The number of aromatic nitrogens is 2. The van der Waals surface area contributed by atoms with Gasteiger partial charge in [0.25, 0.3) is 5.56 Å². The minimum atomic E-state index is -3.72. The standard InChI is InChI=1S/C23H30N4O5S/c1-14(2)24-10-11-27(16-6-7-16)33(31,32)17-8-9-19-18(12-17)21-15(4-3-5-20(28)29)13-25-22(21)23(30)26-19/h8-9,12-14,16,24-25H,3-7,10-11H2,1-2H3,(H,26,30)(H,28,29). The van der Waals surface area contributed by atoms with Gasteiger partial charge in [-0.15, -0.1) is 0 Å². The zero-order chi connectivity index (χ0) is 23.8. The first-order chi connectivity index (χ1) is 15.7. The van der Waals surface area contributed by atoms with E-state index in [1.54, 1.807) is 28.7 Å². The molecule has 1 saturated carbocycles. The van der Waals surface area contributed by atoms with E-state index in [9.17, 15) is 18.0 Å². The molecule has 2 heterocycles. The fourth-order valence-corrected chi connectivity index (χ4v) is 5.94. The molecule has 0 amide bonds. The van der Waals surface area contributed by atoms with Gasteiger partial charge in [0, 0.05) is 54.1 Å². The van der Waals surface area contributed by atoms with Gasteiger partial charge in [-0.1, -0.05) is 13.8 Å². The number of benzene rings is 1. The second kappa shape index (κ2) is 9.28. The molecule has 0 spiro atoms. The molecule has 3 aromatic rings. The summed E-state index contributed by atoms with van der Waals surface area (Å²) in [6.07, 6.45) is 4.34. The van der Waals surface area contributed by atoms with Crippen LogP contribution in [0, 0.1) is 0 Å². The molecule has 4 rings (SSSR count). The quantitative estimate of drug-likeness (QED) is 0.337. The van der Waals surface area contributed by atoms with Gasteiger partial charge in [0.2, 0.25) is 10.0 Å². The largest absolute Gasteiger partial charge is 0.481 e. The van der Waals surface area contributed by atoms with Gasteiger partial charge in [-0.05, 0) is 49.4 Å². The summed E-state index contributed by atoms with van der Waals surface area (Å²) in [5.41, 5.74) is 1.42. The number of fused-ring (bicyclic) bond motifs is 3. The van der Waals surface area contributed by atoms with Gasteiger partial charge in [0.05, 0.1) is 4.90 Å². The third-order valence-corrected chi connectivity index (χ3v) is 7.93. The number of aliphatic carboxylic acids is 1. The van der Waals surface area contributed by atoms with Gasteiger partial charge in [-0.25, -0.2) is 8.42 Å². The second-order valence-electron chi connectivity index (χ2n) is 8.93. The fourth-order valence-electron chi connectivity index (χ4n) is 4.22. The van der Waals surface area contributed by atoms with Crippen LogP contribution in [0.3, 0.4) is 0 Å². The Bertz CT molecular complexity index is 1340. The molecule has 0 atom stereocenters. The van der Waals surface area contributed by atoms with Gasteiger partial charge < -0.3 is 20.4 Å². The van der Waals surface area contributed by atoms with E-state index < -0.39 is 16.0 Å². The molecule has 178 valence electrons. The maximum Gasteiger partial charge on any atom is 0.303 e. The Balaban J connectivity index is 1.75. The lowest BCUT2D eigenvalue weighted by atomic mass is 10.0. The Morgan fingerprint density at radius 1 is 1.30 bits per heavy atom. The highest BCUT2D eigenvalue weighted by atomic mass is 32.2. The Labute approximate surface area is 192 Å². The number of sulfonamides is 1. The zero-order valence-corrected chi connectivity index (χ0v) is 19.7. The van der Waals surface area contributed by atoms with Crippen LogP contribution in [0.1, 0.15) is 45.1 Å². The fraction of sp³-hybridized carbons (Fsp3) is 0.478. The van der Waals surface area contributed by atoms with Gasteiger partial charge in [0.15, 0.2) is 0 Å². The molecule has 1 aliphatic rings. The van der Waals surface area contributed by atoms with Crippen LogP contribution in [0.4, 0.5) is 0 Å². The Morgan fingerprint density at radius 3 is 2.73 bits per heavy atom. The summed E-state index contributed by atoms with van der Waals surface area (Å²) in [6.45, 7) is 5.02. The van der Waals surface area contributed by atoms with Crippen molar-refractivity contribution in [3.05, 3.63) is 40.3 Å². The summed E-state index contributed by atoms with van der Waals surface area (Å²) in [7, 11) is -3.72. The minimum absolute atomic E-state index is 0.0220. The summed E-state index contributed by atoms with van der Waals surface area (Å²) >= 11 is 0. The zero-order valence-electron chi connectivity index (χ0n) is 18.8. The third-order valence-electron chi connectivity index (χ3n) is 5.98. The highest BCUT2D eigenvalue weighted by molar-refractivity contribution is 7.89. The molecule has 4 N–H and O–H groups in total. The van der Waals surface area contributed by atoms with Gasteiger partial charge in [-0.3, -0.25) is 9.59 Å². The number of carbonyl (C=O) groups is 1. The highest BCUT2D eigenvalue weighted by Crippen LogP contribution is 2.34. The first-order valence-electron chi connectivity index (χ1n) is 11.3. The number of carboxylic acid groups (broad SMARTS) is 1. The lowest BCUT2D eigenvalue weighted by molar-refractivity contribution is -0.137. The maximum atomic E-state index is 13.6. The number of H-pyrrole nitrogens is 2. The molecular weight excluding hydrogens is 444 g/mol. The summed E-state index contributed by atoms with van der Waals surface area (Å²) in [4.78, 5) is 29.4. The molecule has 0 saturated heterocycles. The predicted molar refractivity (Wildman–Crippen MR) is 127 cm³/mol. The average molecular weight is 475 g/mol. The Hall–Kier alpha value is -2.69. The number of nitrogens with one attached hydrogen (secondary N) is 3. The monoisotopic (exact) mass is 474 g/mol. The van der Waals surface area contributed by atoms with E-state index in [0.717, 1.165) is 18.4 Å². The van der Waals surface area contributed by atoms with Crippen molar-refractivity contribution in [2.45, 2.75) is 62.9 Å². The highest BCUT2D eigenvalue weighted by Gasteiger charge is 2.37. The van der Waals surface area contributed by atoms with E-state index in [4.69, 9.17) is 5.11 Å². The van der Waals surface area contributed by atoms with E-state index in [0.29, 0.717) is 47.7 Å². The first-order valence-corrected chi connectivity index (χ1v) is 12.8. The lowest BCUT2D eigenvalue weighted by Crippen LogP contribution is -2.39. The molecule has 33 heavy (non-hydrogen) atoms. The molecule has 0 radical (unpaired) electrons. The van der Waals surface area contributed by atoms with E-state index in [1.165, 1.54) is 0 Å². The Morgan fingerprint density at radius 2 is 2.06 bits per heavy atom. The van der Waals surface area contributed by atoms with Crippen molar-refractivity contribution in [2.75, 3.05) is 13.1 Å². The smallest absolute Gasteiger partial charge is 0.303 e. The molecule has 1 aliphatic carbocycles. The molecule has 1 aromatic carbocycles. The lowest BCUT2D eigenvalue weighted by Gasteiger charge is -2.23. The molecule has 2 aromatic heterocycles. The van der Waals surface area contributed by atoms with Crippen LogP contribution < -0.4 is 10.9 Å². The molecular formula is C23H30N4O5S. The molecule has 1 fully saturated rings. The van der Waals surface area contributed by atoms with Crippen LogP contribution in [-0.4, -0.2) is 58.9 Å². The number of hydrogen-bond donors (Lipinski definition) is 4. The maximum absolute atomic E-state index is 13.6. The van der Waals surface area contributed by atoms with Crippen LogP contribution in [0.15, 0.2) is 34.1 Å². The van der Waals surface area contributed by atoms with Crippen molar-refractivity contribution in [3.63, 3.8) is 0 Å². The molecule has 0 bridgehead atoms. The van der Waals surface area contributed by atoms with Crippen molar-refractivity contribution in [1.29, 1.82) is 0 Å². The summed E-state index contributed by atoms with van der Waals surface area (Å²) in [5.74, 6) is -0.877. The van der Waals surface area contributed by atoms with Crippen LogP contribution in [0.2, 0.25) is 0 Å². The summed E-state index contributed by atoms with van der Waals surface area (Å²) in [5, 5.41) is 13.5. The SMILES string of the molecule is CC(C)NCCN(C1CC1)S(=O)(=O)c1ccc2[nH]c(=O)c3[nH]cc(CCCC(=O)O)c3c2c1. The third kappa shape index (κ3) is 4.97. The van der Waals surface area contributed by atoms with E-state index in [2.05, 4.69) is 15.3 Å². The Kier molecular flexibility index (Phi) is 6.60. The van der Waals surface area contributed by atoms with Crippen molar-refractivity contribution >= 4 is 37.8 Å². The molecule has 10 heteroatoms. The molecule has 0 unspecified atom stereocenters. The van der Waals surface area contributed by atoms with E-state index in [1.807, 2.05) is 13.8 Å². The van der Waals surface area contributed by atoms with Gasteiger partial charge in [-0.2, -0.15) is 4.31 Å². The van der Waals surface area contributed by atoms with Crippen LogP contribution in [0.25, 0.3) is 21.8 Å². The minimum Gasteiger partial charge on any atom is -0.481 e. The number of aryl methyl sites for hydroxylation is 1. The summed E-state index contributed by atoms with van der Waals surface area (Å²) in [6, 6.07) is 5.10. The van der Waals surface area contributed by atoms with E-state index in [-0.39, 0.29) is 29.0 Å². The number of nitrogens with zero attached hydrogens (tertiary/aromatic N) is 1. The molecule has 0 aliphatic heterocycles. The number of rotatable bonds is 11. The van der Waals surface area contributed by atoms with E-state index >= 15 is 0 Å². The van der Waals surface area contributed by atoms with Gasteiger partial charge >= 0.3 is 5.97 Å². The topological polar surface area (TPSA) is 135 Å². The predicted octanol–water partition coefficient (Wildman–Crippen LogP) is 2.57. The number of carboxylic acids is 1. The van der Waals surface area contributed by atoms with Crippen LogP contribution >= 0.6 is 0 Å². The van der Waals surface area contributed by atoms with Crippen molar-refractivity contribution < 1.29 is 18.3 Å². The summed E-state index contributed by atoms with van der Waals surface area (Å²) < 4.78 is 28.7. The normalized spacial score (nSPS) is 14.7. The van der Waals surface area contributed by atoms with Crippen LogP contribution in [-0.2, 0) is 21.2 Å². The van der Waals surface area contributed by atoms with Crippen molar-refractivity contribution in [3.8, 4) is 0 Å². The van der Waals surface area contributed by atoms with Gasteiger partial charge in [0.1, 0.15) is 5.52 Å². The van der Waals surface area contributed by atoms with Crippen LogP contribution in [0.5, 0.6) is 0 Å². The number of pyridine rings is 1.